The maximum absolute atomic E-state index is 10.9. The molecule has 1 aliphatic rings. The molecule has 18 heavy (non-hydrogen) atoms. The summed E-state index contributed by atoms with van der Waals surface area (Å²) in [4.78, 5) is 10.5. The lowest BCUT2D eigenvalue weighted by atomic mass is 9.86. The summed E-state index contributed by atoms with van der Waals surface area (Å²) in [6.07, 6.45) is 4.90. The molecular weight excluding hydrogens is 296 g/mol. The molecule has 2 atom stereocenters. The molecule has 0 spiro atoms. The second-order valence-corrected chi connectivity index (χ2v) is 5.79. The fourth-order valence-corrected chi connectivity index (χ4v) is 2.88. The molecule has 1 saturated carbocycles. The van der Waals surface area contributed by atoms with Gasteiger partial charge in [-0.25, -0.2) is 0 Å². The first kappa shape index (κ1) is 13.3. The highest BCUT2D eigenvalue weighted by molar-refractivity contribution is 9.10. The van der Waals surface area contributed by atoms with Gasteiger partial charge in [0.25, 0.3) is 5.69 Å². The van der Waals surface area contributed by atoms with Crippen LogP contribution in [0.3, 0.4) is 0 Å². The maximum Gasteiger partial charge on any atom is 0.285 e. The van der Waals surface area contributed by atoms with Gasteiger partial charge in [0.15, 0.2) is 0 Å². The molecule has 0 amide bonds. The zero-order chi connectivity index (χ0) is 13.1. The van der Waals surface area contributed by atoms with E-state index in [2.05, 4.69) is 28.2 Å². The first-order chi connectivity index (χ1) is 8.58. The standard InChI is InChI=1S/C13H17BrN2O2/c1-9-4-2-3-5-12(9)15-10-6-7-11(14)13(8-10)16(17)18/h6-9,12,15H,2-5H2,1H3. The van der Waals surface area contributed by atoms with Crippen LogP contribution in [-0.2, 0) is 0 Å². The number of benzene rings is 1. The predicted molar refractivity (Wildman–Crippen MR) is 75.8 cm³/mol. The fourth-order valence-electron chi connectivity index (χ4n) is 2.49. The minimum Gasteiger partial charge on any atom is -0.382 e. The highest BCUT2D eigenvalue weighted by atomic mass is 79.9. The Morgan fingerprint density at radius 2 is 2.11 bits per heavy atom. The van der Waals surface area contributed by atoms with Crippen LogP contribution in [0.5, 0.6) is 0 Å². The summed E-state index contributed by atoms with van der Waals surface area (Å²) in [5.41, 5.74) is 0.951. The van der Waals surface area contributed by atoms with Crippen molar-refractivity contribution in [3.05, 3.63) is 32.8 Å². The molecule has 4 nitrogen and oxygen atoms in total. The van der Waals surface area contributed by atoms with Crippen LogP contribution in [0, 0.1) is 16.0 Å². The molecule has 0 radical (unpaired) electrons. The minimum atomic E-state index is -0.362. The molecule has 98 valence electrons. The molecule has 0 saturated heterocycles. The Labute approximate surface area is 115 Å². The number of nitrogens with one attached hydrogen (secondary N) is 1. The van der Waals surface area contributed by atoms with E-state index in [1.165, 1.54) is 19.3 Å². The van der Waals surface area contributed by atoms with Gasteiger partial charge in [0.05, 0.1) is 9.40 Å². The smallest absolute Gasteiger partial charge is 0.285 e. The van der Waals surface area contributed by atoms with Crippen LogP contribution >= 0.6 is 15.9 Å². The van der Waals surface area contributed by atoms with Crippen LogP contribution in [0.25, 0.3) is 0 Å². The second kappa shape index (κ2) is 5.69. The van der Waals surface area contributed by atoms with Gasteiger partial charge < -0.3 is 5.32 Å². The minimum absolute atomic E-state index is 0.114. The first-order valence-electron chi connectivity index (χ1n) is 6.28. The molecule has 1 aromatic rings. The van der Waals surface area contributed by atoms with Crippen molar-refractivity contribution in [1.82, 2.24) is 0 Å². The van der Waals surface area contributed by atoms with E-state index >= 15 is 0 Å². The Morgan fingerprint density at radius 3 is 2.78 bits per heavy atom. The third-order valence-corrected chi connectivity index (χ3v) is 4.28. The van der Waals surface area contributed by atoms with Gasteiger partial charge in [0.2, 0.25) is 0 Å². The van der Waals surface area contributed by atoms with Crippen molar-refractivity contribution in [3.8, 4) is 0 Å². The van der Waals surface area contributed by atoms with Crippen LogP contribution in [0.15, 0.2) is 22.7 Å². The molecule has 2 unspecified atom stereocenters. The molecule has 1 N–H and O–H groups in total. The second-order valence-electron chi connectivity index (χ2n) is 4.94. The van der Waals surface area contributed by atoms with Gasteiger partial charge in [-0.2, -0.15) is 0 Å². The molecule has 1 aromatic carbocycles. The summed E-state index contributed by atoms with van der Waals surface area (Å²) < 4.78 is 0.523. The Hall–Kier alpha value is -1.10. The van der Waals surface area contributed by atoms with Gasteiger partial charge in [0, 0.05) is 17.8 Å². The molecule has 1 aliphatic carbocycles. The lowest BCUT2D eigenvalue weighted by Crippen LogP contribution is -2.30. The molecule has 1 fully saturated rings. The normalized spacial score (nSPS) is 23.7. The predicted octanol–water partition coefficient (Wildman–Crippen LogP) is 4.35. The van der Waals surface area contributed by atoms with Crippen molar-refractivity contribution in [2.24, 2.45) is 5.92 Å². The zero-order valence-electron chi connectivity index (χ0n) is 10.4. The van der Waals surface area contributed by atoms with Gasteiger partial charge in [-0.1, -0.05) is 19.8 Å². The molecule has 0 aromatic heterocycles. The van der Waals surface area contributed by atoms with Crippen molar-refractivity contribution in [1.29, 1.82) is 0 Å². The average Bonchev–Trinajstić information content (AvgIpc) is 2.34. The lowest BCUT2D eigenvalue weighted by Gasteiger charge is -2.30. The van der Waals surface area contributed by atoms with Crippen molar-refractivity contribution in [2.45, 2.75) is 38.6 Å². The van der Waals surface area contributed by atoms with Gasteiger partial charge in [-0.3, -0.25) is 10.1 Å². The van der Waals surface area contributed by atoms with Crippen LogP contribution < -0.4 is 5.32 Å². The number of hydrogen-bond acceptors (Lipinski definition) is 3. The summed E-state index contributed by atoms with van der Waals surface area (Å²) in [5.74, 6) is 0.626. The number of nitro benzene ring substituents is 1. The van der Waals surface area contributed by atoms with Crippen LogP contribution in [0.4, 0.5) is 11.4 Å². The Balaban J connectivity index is 2.14. The van der Waals surface area contributed by atoms with Crippen LogP contribution in [0.2, 0.25) is 0 Å². The SMILES string of the molecule is CC1CCCCC1Nc1ccc(Br)c([N+](=O)[O-])c1. The van der Waals surface area contributed by atoms with E-state index in [1.54, 1.807) is 12.1 Å². The van der Waals surface area contributed by atoms with Crippen molar-refractivity contribution in [2.75, 3.05) is 5.32 Å². The van der Waals surface area contributed by atoms with Gasteiger partial charge in [-0.15, -0.1) is 0 Å². The third kappa shape index (κ3) is 3.02. The van der Waals surface area contributed by atoms with E-state index in [-0.39, 0.29) is 10.6 Å². The van der Waals surface area contributed by atoms with E-state index < -0.39 is 0 Å². The van der Waals surface area contributed by atoms with Crippen molar-refractivity contribution in [3.63, 3.8) is 0 Å². The first-order valence-corrected chi connectivity index (χ1v) is 7.07. The maximum atomic E-state index is 10.9. The van der Waals surface area contributed by atoms with E-state index in [0.29, 0.717) is 16.4 Å². The Bertz CT molecular complexity index is 451. The zero-order valence-corrected chi connectivity index (χ0v) is 11.9. The molecule has 2 rings (SSSR count). The third-order valence-electron chi connectivity index (χ3n) is 3.61. The van der Waals surface area contributed by atoms with E-state index in [9.17, 15) is 10.1 Å². The topological polar surface area (TPSA) is 55.2 Å². The molecule has 0 bridgehead atoms. The lowest BCUT2D eigenvalue weighted by molar-refractivity contribution is -0.385. The monoisotopic (exact) mass is 312 g/mol. The number of nitro groups is 1. The summed E-state index contributed by atoms with van der Waals surface area (Å²) in [5, 5.41) is 14.3. The van der Waals surface area contributed by atoms with E-state index in [1.807, 2.05) is 6.07 Å². The highest BCUT2D eigenvalue weighted by Crippen LogP contribution is 2.31. The Kier molecular flexibility index (Phi) is 4.22. The van der Waals surface area contributed by atoms with E-state index in [4.69, 9.17) is 0 Å². The van der Waals surface area contributed by atoms with Gasteiger partial charge in [-0.05, 0) is 46.8 Å². The quantitative estimate of drug-likeness (QED) is 0.667. The summed E-state index contributed by atoms with van der Waals surface area (Å²) in [7, 11) is 0. The highest BCUT2D eigenvalue weighted by Gasteiger charge is 2.22. The van der Waals surface area contributed by atoms with E-state index in [0.717, 1.165) is 12.1 Å². The van der Waals surface area contributed by atoms with Gasteiger partial charge >= 0.3 is 0 Å². The molecule has 0 aliphatic heterocycles. The number of anilines is 1. The van der Waals surface area contributed by atoms with Crippen LogP contribution in [0.1, 0.15) is 32.6 Å². The molecule has 0 heterocycles. The average molecular weight is 313 g/mol. The van der Waals surface area contributed by atoms with Crippen molar-refractivity contribution < 1.29 is 4.92 Å². The number of rotatable bonds is 3. The number of nitrogens with zero attached hydrogens (tertiary/aromatic N) is 1. The van der Waals surface area contributed by atoms with Crippen LogP contribution in [-0.4, -0.2) is 11.0 Å². The Morgan fingerprint density at radius 1 is 1.39 bits per heavy atom. The van der Waals surface area contributed by atoms with Gasteiger partial charge in [0.1, 0.15) is 0 Å². The largest absolute Gasteiger partial charge is 0.382 e. The molecular formula is C13H17BrN2O2. The summed E-state index contributed by atoms with van der Waals surface area (Å²) >= 11 is 3.20. The number of hydrogen-bond donors (Lipinski definition) is 1. The fraction of sp³-hybridized carbons (Fsp3) is 0.538. The molecule has 5 heteroatoms. The number of halogens is 1. The summed E-state index contributed by atoms with van der Waals surface area (Å²) in [6.45, 7) is 2.24. The van der Waals surface area contributed by atoms with Crippen molar-refractivity contribution >= 4 is 27.3 Å². The summed E-state index contributed by atoms with van der Waals surface area (Å²) in [6, 6.07) is 5.65.